The third-order valence-electron chi connectivity index (χ3n) is 2.21. The number of alkyl halides is 3. The summed E-state index contributed by atoms with van der Waals surface area (Å²) in [6.07, 6.45) is -3.25. The van der Waals surface area contributed by atoms with Gasteiger partial charge in [-0.3, -0.25) is 0 Å². The molecular formula is C9H9F3N6. The molecule has 0 saturated heterocycles. The maximum absolute atomic E-state index is 12.6. The normalized spacial score (nSPS) is 11.8. The molecular weight excluding hydrogens is 249 g/mol. The van der Waals surface area contributed by atoms with Crippen molar-refractivity contribution in [3.63, 3.8) is 0 Å². The molecule has 0 bridgehead atoms. The summed E-state index contributed by atoms with van der Waals surface area (Å²) in [5.74, 6) is -0.441. The van der Waals surface area contributed by atoms with Gasteiger partial charge in [-0.05, 0) is 13.0 Å². The summed E-state index contributed by atoms with van der Waals surface area (Å²) < 4.78 is 39.2. The number of halogens is 3. The fraction of sp³-hybridized carbons (Fsp3) is 0.333. The Morgan fingerprint density at radius 3 is 2.67 bits per heavy atom. The minimum Gasteiger partial charge on any atom is -0.368 e. The molecule has 2 aromatic heterocycles. The fourth-order valence-electron chi connectivity index (χ4n) is 1.43. The maximum Gasteiger partial charge on any atom is 0.433 e. The molecule has 0 unspecified atom stereocenters. The first-order valence-corrected chi connectivity index (χ1v) is 5.02. The van der Waals surface area contributed by atoms with Gasteiger partial charge in [-0.2, -0.15) is 13.2 Å². The highest BCUT2D eigenvalue weighted by molar-refractivity contribution is 5.55. The number of rotatable bonds is 2. The Morgan fingerprint density at radius 1 is 1.33 bits per heavy atom. The lowest BCUT2D eigenvalue weighted by atomic mass is 10.2. The molecule has 0 aliphatic carbocycles. The molecule has 0 saturated carbocycles. The van der Waals surface area contributed by atoms with E-state index in [2.05, 4.69) is 20.3 Å². The van der Waals surface area contributed by atoms with Crippen molar-refractivity contribution in [2.24, 2.45) is 0 Å². The van der Waals surface area contributed by atoms with E-state index in [1.165, 1.54) is 10.9 Å². The molecule has 0 spiro atoms. The quantitative estimate of drug-likeness (QED) is 0.879. The minimum absolute atomic E-state index is 0.0432. The van der Waals surface area contributed by atoms with Gasteiger partial charge in [-0.25, -0.2) is 14.6 Å². The van der Waals surface area contributed by atoms with E-state index in [0.717, 1.165) is 6.07 Å². The topological polar surface area (TPSA) is 82.5 Å². The summed E-state index contributed by atoms with van der Waals surface area (Å²) in [7, 11) is 0. The smallest absolute Gasteiger partial charge is 0.368 e. The molecule has 2 N–H and O–H groups in total. The van der Waals surface area contributed by atoms with E-state index in [-0.39, 0.29) is 5.69 Å². The van der Waals surface area contributed by atoms with Crippen molar-refractivity contribution in [2.75, 3.05) is 5.73 Å². The first-order chi connectivity index (χ1) is 8.41. The fourth-order valence-corrected chi connectivity index (χ4v) is 1.43. The minimum atomic E-state index is -4.57. The molecule has 0 aromatic carbocycles. The van der Waals surface area contributed by atoms with Gasteiger partial charge < -0.3 is 5.73 Å². The van der Waals surface area contributed by atoms with Crippen LogP contribution < -0.4 is 5.73 Å². The third kappa shape index (κ3) is 2.24. The number of hydrogen-bond acceptors (Lipinski definition) is 5. The van der Waals surface area contributed by atoms with Gasteiger partial charge in [0.05, 0.1) is 11.9 Å². The number of nitrogen functional groups attached to an aromatic ring is 1. The van der Waals surface area contributed by atoms with Gasteiger partial charge in [0.2, 0.25) is 5.95 Å². The highest BCUT2D eigenvalue weighted by Crippen LogP contribution is 2.30. The van der Waals surface area contributed by atoms with Gasteiger partial charge in [0.1, 0.15) is 5.69 Å². The second kappa shape index (κ2) is 4.24. The molecule has 0 aliphatic rings. The lowest BCUT2D eigenvalue weighted by molar-refractivity contribution is -0.141. The Morgan fingerprint density at radius 2 is 2.06 bits per heavy atom. The number of aromatic nitrogens is 5. The predicted octanol–water partition coefficient (Wildman–Crippen LogP) is 1.36. The number of nitrogens with two attached hydrogens (primary N) is 1. The molecule has 2 aromatic rings. The molecule has 0 atom stereocenters. The van der Waals surface area contributed by atoms with Crippen LogP contribution in [0.4, 0.5) is 19.1 Å². The van der Waals surface area contributed by atoms with Crippen LogP contribution in [-0.2, 0) is 12.7 Å². The highest BCUT2D eigenvalue weighted by atomic mass is 19.4. The zero-order valence-electron chi connectivity index (χ0n) is 9.31. The van der Waals surface area contributed by atoms with Crippen molar-refractivity contribution >= 4 is 5.95 Å². The zero-order valence-corrected chi connectivity index (χ0v) is 9.31. The number of aryl methyl sites for hydroxylation is 1. The number of anilines is 1. The van der Waals surface area contributed by atoms with E-state index >= 15 is 0 Å². The van der Waals surface area contributed by atoms with Crippen LogP contribution in [0.5, 0.6) is 0 Å². The van der Waals surface area contributed by atoms with E-state index in [1.54, 1.807) is 6.92 Å². The first-order valence-electron chi connectivity index (χ1n) is 5.02. The van der Waals surface area contributed by atoms with Crippen LogP contribution in [0.1, 0.15) is 12.6 Å². The summed E-state index contributed by atoms with van der Waals surface area (Å²) in [5, 5.41) is 7.34. The number of hydrogen-bond donors (Lipinski definition) is 1. The molecule has 0 radical (unpaired) electrons. The van der Waals surface area contributed by atoms with Crippen LogP contribution >= 0.6 is 0 Å². The molecule has 2 rings (SSSR count). The van der Waals surface area contributed by atoms with Crippen molar-refractivity contribution in [3.8, 4) is 11.4 Å². The lowest BCUT2D eigenvalue weighted by Crippen LogP contribution is -2.12. The second-order valence-corrected chi connectivity index (χ2v) is 3.43. The molecule has 0 aliphatic heterocycles. The highest BCUT2D eigenvalue weighted by Gasteiger charge is 2.33. The van der Waals surface area contributed by atoms with Crippen molar-refractivity contribution in [1.29, 1.82) is 0 Å². The van der Waals surface area contributed by atoms with Crippen LogP contribution in [-0.4, -0.2) is 25.0 Å². The van der Waals surface area contributed by atoms with Crippen LogP contribution in [0.2, 0.25) is 0 Å². The average Bonchev–Trinajstić information content (AvgIpc) is 2.74. The van der Waals surface area contributed by atoms with Gasteiger partial charge >= 0.3 is 6.18 Å². The largest absolute Gasteiger partial charge is 0.433 e. The molecule has 18 heavy (non-hydrogen) atoms. The SMILES string of the molecule is CCn1nncc1-c1cc(C(F)(F)F)nc(N)n1. The van der Waals surface area contributed by atoms with Gasteiger partial charge in [0.25, 0.3) is 0 Å². The van der Waals surface area contributed by atoms with Crippen molar-refractivity contribution < 1.29 is 13.2 Å². The van der Waals surface area contributed by atoms with Crippen molar-refractivity contribution in [2.45, 2.75) is 19.6 Å². The zero-order chi connectivity index (χ0) is 13.3. The van der Waals surface area contributed by atoms with E-state index in [1.807, 2.05) is 0 Å². The maximum atomic E-state index is 12.6. The van der Waals surface area contributed by atoms with Crippen LogP contribution in [0.3, 0.4) is 0 Å². The van der Waals surface area contributed by atoms with Gasteiger partial charge in [-0.15, -0.1) is 5.10 Å². The van der Waals surface area contributed by atoms with Crippen molar-refractivity contribution in [3.05, 3.63) is 18.0 Å². The summed E-state index contributed by atoms with van der Waals surface area (Å²) >= 11 is 0. The summed E-state index contributed by atoms with van der Waals surface area (Å²) in [6, 6.07) is 0.821. The number of nitrogens with zero attached hydrogens (tertiary/aromatic N) is 5. The molecule has 0 amide bonds. The molecule has 96 valence electrons. The molecule has 2 heterocycles. The third-order valence-corrected chi connectivity index (χ3v) is 2.21. The van der Waals surface area contributed by atoms with Gasteiger partial charge in [0.15, 0.2) is 5.69 Å². The van der Waals surface area contributed by atoms with E-state index < -0.39 is 17.8 Å². The monoisotopic (exact) mass is 258 g/mol. The Kier molecular flexibility index (Phi) is 2.89. The Bertz CT molecular complexity index is 562. The predicted molar refractivity (Wildman–Crippen MR) is 56.1 cm³/mol. The molecule has 0 fully saturated rings. The van der Waals surface area contributed by atoms with Crippen LogP contribution in [0, 0.1) is 0 Å². The van der Waals surface area contributed by atoms with Crippen LogP contribution in [0.15, 0.2) is 12.3 Å². The van der Waals surface area contributed by atoms with E-state index in [4.69, 9.17) is 5.73 Å². The summed E-state index contributed by atoms with van der Waals surface area (Å²) in [6.45, 7) is 2.24. The second-order valence-electron chi connectivity index (χ2n) is 3.43. The Hall–Kier alpha value is -2.19. The van der Waals surface area contributed by atoms with Crippen LogP contribution in [0.25, 0.3) is 11.4 Å². The summed E-state index contributed by atoms with van der Waals surface area (Å²) in [4.78, 5) is 6.93. The Balaban J connectivity index is 2.56. The molecule has 9 heteroatoms. The summed E-state index contributed by atoms with van der Waals surface area (Å²) in [5.41, 5.74) is 4.59. The van der Waals surface area contributed by atoms with Crippen molar-refractivity contribution in [1.82, 2.24) is 25.0 Å². The van der Waals surface area contributed by atoms with Gasteiger partial charge in [-0.1, -0.05) is 5.21 Å². The first kappa shape index (κ1) is 12.3. The van der Waals surface area contributed by atoms with E-state index in [9.17, 15) is 13.2 Å². The standard InChI is InChI=1S/C9H9F3N6/c1-2-18-6(4-14-17-18)5-3-7(9(10,11)12)16-8(13)15-5/h3-4H,2H2,1H3,(H2,13,15,16). The Labute approximate surface area is 99.7 Å². The average molecular weight is 258 g/mol. The van der Waals surface area contributed by atoms with Gasteiger partial charge in [0, 0.05) is 6.54 Å². The molecule has 6 nitrogen and oxygen atoms in total. The lowest BCUT2D eigenvalue weighted by Gasteiger charge is -2.08. The van der Waals surface area contributed by atoms with E-state index in [0.29, 0.717) is 12.2 Å².